The first-order valence-corrected chi connectivity index (χ1v) is 12.3. The Morgan fingerprint density at radius 1 is 0.914 bits per heavy atom. The molecule has 5 nitrogen and oxygen atoms in total. The van der Waals surface area contributed by atoms with Gasteiger partial charge in [0, 0.05) is 35.2 Å². The second-order valence-corrected chi connectivity index (χ2v) is 10.3. The van der Waals surface area contributed by atoms with Gasteiger partial charge in [-0.3, -0.25) is 4.79 Å². The maximum absolute atomic E-state index is 12.1. The minimum atomic E-state index is -0.549. The third-order valence-electron chi connectivity index (χ3n) is 6.75. The fourth-order valence-electron chi connectivity index (χ4n) is 4.16. The van der Waals surface area contributed by atoms with E-state index in [1.165, 1.54) is 12.5 Å². The number of hydrogen-bond acceptors (Lipinski definition) is 4. The van der Waals surface area contributed by atoms with E-state index in [1.807, 2.05) is 94.4 Å². The topological polar surface area (TPSA) is 59.6 Å². The number of benzene rings is 3. The summed E-state index contributed by atoms with van der Waals surface area (Å²) in [6, 6.07) is 21.8. The Hall–Kier alpha value is -2.80. The molecule has 7 heteroatoms. The second kappa shape index (κ2) is 10.1. The molecule has 0 aliphatic carbocycles. The van der Waals surface area contributed by atoms with Crippen molar-refractivity contribution in [2.45, 2.75) is 52.2 Å². The van der Waals surface area contributed by atoms with Gasteiger partial charge in [0.2, 0.25) is 5.91 Å². The smallest absolute Gasteiger partial charge is 0.399 e. The molecule has 0 bridgehead atoms. The van der Waals surface area contributed by atoms with Gasteiger partial charge < -0.3 is 19.9 Å². The Bertz CT molecular complexity index is 1180. The van der Waals surface area contributed by atoms with Crippen LogP contribution in [0.1, 0.15) is 40.2 Å². The van der Waals surface area contributed by atoms with Crippen LogP contribution in [0.2, 0.25) is 5.02 Å². The molecule has 0 spiro atoms. The Kier molecular flexibility index (Phi) is 7.27. The van der Waals surface area contributed by atoms with Gasteiger partial charge in [0.15, 0.2) is 0 Å². The van der Waals surface area contributed by atoms with Gasteiger partial charge in [-0.05, 0) is 63.4 Å². The van der Waals surface area contributed by atoms with Crippen LogP contribution < -0.4 is 16.1 Å². The molecular weight excluding hydrogens is 459 g/mol. The molecule has 2 N–H and O–H groups in total. The van der Waals surface area contributed by atoms with Crippen LogP contribution in [-0.4, -0.2) is 30.8 Å². The van der Waals surface area contributed by atoms with E-state index in [0.29, 0.717) is 6.54 Å². The van der Waals surface area contributed by atoms with E-state index in [1.54, 1.807) is 0 Å². The molecule has 182 valence electrons. The fourth-order valence-corrected chi connectivity index (χ4v) is 4.28. The first-order valence-electron chi connectivity index (χ1n) is 11.9. The van der Waals surface area contributed by atoms with E-state index >= 15 is 0 Å². The summed E-state index contributed by atoms with van der Waals surface area (Å²) < 4.78 is 12.8. The third-order valence-corrected chi connectivity index (χ3v) is 7.00. The minimum Gasteiger partial charge on any atom is -0.399 e. The van der Waals surface area contributed by atoms with Crippen molar-refractivity contribution in [1.82, 2.24) is 0 Å². The normalized spacial score (nSPS) is 16.2. The van der Waals surface area contributed by atoms with Gasteiger partial charge in [-0.2, -0.15) is 0 Å². The summed E-state index contributed by atoms with van der Waals surface area (Å²) >= 11 is 6.05. The average Bonchev–Trinajstić information content (AvgIpc) is 3.02. The molecule has 4 rings (SSSR count). The van der Waals surface area contributed by atoms with Gasteiger partial charge in [-0.15, -0.1) is 0 Å². The molecule has 0 atom stereocenters. The van der Waals surface area contributed by atoms with Crippen LogP contribution in [0.15, 0.2) is 66.7 Å². The molecule has 1 aliphatic rings. The van der Waals surface area contributed by atoms with Crippen molar-refractivity contribution in [1.29, 1.82) is 0 Å². The standard InChI is InChI=1S/C28H32BClN2O3/c1-19(33)32-24-16-15-23(29-34-27(2,3)28(4,5)35-29)26(25(24)21-9-7-6-8-10-21)31-18-17-20-11-13-22(30)14-12-20/h6-16,31H,17-18H2,1-5H3,(H,32,33). The lowest BCUT2D eigenvalue weighted by atomic mass is 9.75. The van der Waals surface area contributed by atoms with Crippen molar-refractivity contribution in [3.05, 3.63) is 77.3 Å². The lowest BCUT2D eigenvalue weighted by Gasteiger charge is -2.32. The van der Waals surface area contributed by atoms with Crippen LogP contribution in [-0.2, 0) is 20.5 Å². The summed E-state index contributed by atoms with van der Waals surface area (Å²) in [5.74, 6) is -0.127. The van der Waals surface area contributed by atoms with Crippen LogP contribution in [0.25, 0.3) is 11.1 Å². The summed E-state index contributed by atoms with van der Waals surface area (Å²) in [7, 11) is -0.549. The van der Waals surface area contributed by atoms with Crippen LogP contribution in [0.3, 0.4) is 0 Å². The second-order valence-electron chi connectivity index (χ2n) is 9.89. The van der Waals surface area contributed by atoms with Crippen LogP contribution in [0, 0.1) is 0 Å². The van der Waals surface area contributed by atoms with Gasteiger partial charge in [-0.25, -0.2) is 0 Å². The van der Waals surface area contributed by atoms with Gasteiger partial charge >= 0.3 is 7.12 Å². The van der Waals surface area contributed by atoms with E-state index in [2.05, 4.69) is 10.6 Å². The molecule has 0 aromatic heterocycles. The summed E-state index contributed by atoms with van der Waals surface area (Å²) in [6.07, 6.45) is 0.804. The highest BCUT2D eigenvalue weighted by molar-refractivity contribution is 6.64. The molecular formula is C28H32BClN2O3. The third kappa shape index (κ3) is 5.56. The van der Waals surface area contributed by atoms with Crippen molar-refractivity contribution in [3.8, 4) is 11.1 Å². The molecule has 1 aliphatic heterocycles. The zero-order chi connectivity index (χ0) is 25.2. The van der Waals surface area contributed by atoms with Gasteiger partial charge in [0.1, 0.15) is 0 Å². The number of amides is 1. The maximum Gasteiger partial charge on any atom is 0.496 e. The summed E-state index contributed by atoms with van der Waals surface area (Å²) in [5, 5.41) is 7.37. The molecule has 0 unspecified atom stereocenters. The largest absolute Gasteiger partial charge is 0.496 e. The maximum atomic E-state index is 12.1. The number of halogens is 1. The Morgan fingerprint density at radius 2 is 1.54 bits per heavy atom. The van der Waals surface area contributed by atoms with Crippen molar-refractivity contribution in [2.75, 3.05) is 17.2 Å². The Morgan fingerprint density at radius 3 is 2.14 bits per heavy atom. The summed E-state index contributed by atoms with van der Waals surface area (Å²) in [4.78, 5) is 12.1. The predicted molar refractivity (Wildman–Crippen MR) is 146 cm³/mol. The number of hydrogen-bond donors (Lipinski definition) is 2. The van der Waals surface area contributed by atoms with E-state index in [0.717, 1.165) is 39.4 Å². The van der Waals surface area contributed by atoms with Crippen molar-refractivity contribution < 1.29 is 14.1 Å². The summed E-state index contributed by atoms with van der Waals surface area (Å²) in [5.41, 5.74) is 4.65. The zero-order valence-electron chi connectivity index (χ0n) is 20.9. The van der Waals surface area contributed by atoms with E-state index < -0.39 is 18.3 Å². The number of nitrogens with one attached hydrogen (secondary N) is 2. The molecule has 1 amide bonds. The SMILES string of the molecule is CC(=O)Nc1ccc(B2OC(C)(C)C(C)(C)O2)c(NCCc2ccc(Cl)cc2)c1-c1ccccc1. The highest BCUT2D eigenvalue weighted by Crippen LogP contribution is 2.40. The zero-order valence-corrected chi connectivity index (χ0v) is 21.7. The monoisotopic (exact) mass is 490 g/mol. The summed E-state index contributed by atoms with van der Waals surface area (Å²) in [6.45, 7) is 10.4. The van der Waals surface area contributed by atoms with Crippen molar-refractivity contribution >= 4 is 41.5 Å². The molecule has 1 saturated heterocycles. The molecule has 0 saturated carbocycles. The number of anilines is 2. The molecule has 3 aromatic rings. The van der Waals surface area contributed by atoms with E-state index in [-0.39, 0.29) is 5.91 Å². The average molecular weight is 491 g/mol. The highest BCUT2D eigenvalue weighted by Gasteiger charge is 2.52. The van der Waals surface area contributed by atoms with Crippen molar-refractivity contribution in [2.24, 2.45) is 0 Å². The van der Waals surface area contributed by atoms with Crippen LogP contribution in [0.5, 0.6) is 0 Å². The lowest BCUT2D eigenvalue weighted by molar-refractivity contribution is -0.114. The molecule has 0 radical (unpaired) electrons. The molecule has 1 fully saturated rings. The molecule has 35 heavy (non-hydrogen) atoms. The van der Waals surface area contributed by atoms with Gasteiger partial charge in [-0.1, -0.05) is 60.1 Å². The number of rotatable bonds is 7. The van der Waals surface area contributed by atoms with Gasteiger partial charge in [0.05, 0.1) is 16.9 Å². The number of carbonyl (C=O) groups is 1. The Balaban J connectivity index is 1.78. The highest BCUT2D eigenvalue weighted by atomic mass is 35.5. The van der Waals surface area contributed by atoms with Gasteiger partial charge in [0.25, 0.3) is 0 Å². The Labute approximate surface area is 213 Å². The quantitative estimate of drug-likeness (QED) is 0.404. The lowest BCUT2D eigenvalue weighted by Crippen LogP contribution is -2.41. The van der Waals surface area contributed by atoms with E-state index in [9.17, 15) is 4.79 Å². The first-order chi connectivity index (χ1) is 16.6. The van der Waals surface area contributed by atoms with Crippen molar-refractivity contribution in [3.63, 3.8) is 0 Å². The predicted octanol–water partition coefficient (Wildman–Crippen LogP) is 5.92. The minimum absolute atomic E-state index is 0.127. The number of carbonyl (C=O) groups excluding carboxylic acids is 1. The van der Waals surface area contributed by atoms with E-state index in [4.69, 9.17) is 20.9 Å². The molecule has 3 aromatic carbocycles. The molecule has 1 heterocycles. The first kappa shape index (κ1) is 25.3. The van der Waals surface area contributed by atoms with Crippen LogP contribution >= 0.6 is 11.6 Å². The fraction of sp³-hybridized carbons (Fsp3) is 0.321. The van der Waals surface area contributed by atoms with Crippen LogP contribution in [0.4, 0.5) is 11.4 Å².